The highest BCUT2D eigenvalue weighted by molar-refractivity contribution is 9.10. The molecule has 1 aromatic carbocycles. The van der Waals surface area contributed by atoms with Crippen LogP contribution < -0.4 is 0 Å². The molecule has 60 valence electrons. The van der Waals surface area contributed by atoms with Crippen molar-refractivity contribution >= 4 is 27.7 Å². The molecule has 0 aliphatic carbocycles. The van der Waals surface area contributed by atoms with Crippen LogP contribution in [-0.4, -0.2) is 11.4 Å². The van der Waals surface area contributed by atoms with Gasteiger partial charge in [-0.3, -0.25) is 0 Å². The highest BCUT2D eigenvalue weighted by atomic mass is 79.9. The van der Waals surface area contributed by atoms with E-state index in [9.17, 15) is 4.39 Å². The minimum atomic E-state index is -0.421. The van der Waals surface area contributed by atoms with Crippen LogP contribution in [0, 0.1) is 5.82 Å². The number of benzene rings is 1. The average Bonchev–Trinajstić information content (AvgIpc) is 1.96. The summed E-state index contributed by atoms with van der Waals surface area (Å²) in [7, 11) is 0. The first kappa shape index (κ1) is 8.87. The van der Waals surface area contributed by atoms with Gasteiger partial charge in [0.1, 0.15) is 11.6 Å². The molecule has 0 amide bonds. The van der Waals surface area contributed by atoms with E-state index in [1.165, 1.54) is 17.8 Å². The lowest BCUT2D eigenvalue weighted by atomic mass is 10.3. The fraction of sp³-hybridized carbons (Fsp3) is 0.143. The van der Waals surface area contributed by atoms with Crippen molar-refractivity contribution in [1.82, 2.24) is 0 Å². The Balaban J connectivity index is 3.24. The van der Waals surface area contributed by atoms with Crippen LogP contribution >= 0.6 is 27.7 Å². The van der Waals surface area contributed by atoms with Crippen LogP contribution in [0.1, 0.15) is 0 Å². The van der Waals surface area contributed by atoms with Gasteiger partial charge >= 0.3 is 0 Å². The smallest absolute Gasteiger partial charge is 0.133 e. The topological polar surface area (TPSA) is 20.2 Å². The summed E-state index contributed by atoms with van der Waals surface area (Å²) in [6.07, 6.45) is 1.82. The molecular formula is C7H6BrFOS. The molecule has 4 heteroatoms. The fourth-order valence-corrected chi connectivity index (χ4v) is 1.93. The van der Waals surface area contributed by atoms with Crippen LogP contribution in [0.25, 0.3) is 0 Å². The first-order valence-electron chi connectivity index (χ1n) is 2.87. The van der Waals surface area contributed by atoms with Gasteiger partial charge in [0.05, 0.1) is 4.47 Å². The molecule has 0 aliphatic heterocycles. The highest BCUT2D eigenvalue weighted by Gasteiger charge is 2.05. The van der Waals surface area contributed by atoms with Gasteiger partial charge in [0, 0.05) is 11.0 Å². The fourth-order valence-electron chi connectivity index (χ4n) is 0.699. The summed E-state index contributed by atoms with van der Waals surface area (Å²) in [5.74, 6) is -0.482. The van der Waals surface area contributed by atoms with Gasteiger partial charge in [0.15, 0.2) is 0 Å². The lowest BCUT2D eigenvalue weighted by Crippen LogP contribution is -1.79. The standard InChI is InChI=1S/C7H6BrFOS/c1-11-6-3-4(9)2-5(10)7(6)8/h2-3,10H,1H3. The van der Waals surface area contributed by atoms with Crippen LogP contribution in [0.15, 0.2) is 21.5 Å². The minimum Gasteiger partial charge on any atom is -0.507 e. The van der Waals surface area contributed by atoms with Crippen LogP contribution in [-0.2, 0) is 0 Å². The molecule has 0 spiro atoms. The van der Waals surface area contributed by atoms with Crippen molar-refractivity contribution in [2.75, 3.05) is 6.26 Å². The molecule has 1 rings (SSSR count). The summed E-state index contributed by atoms with van der Waals surface area (Å²) in [4.78, 5) is 0.697. The Labute approximate surface area is 76.7 Å². The van der Waals surface area contributed by atoms with E-state index in [4.69, 9.17) is 5.11 Å². The molecule has 1 nitrogen and oxygen atoms in total. The van der Waals surface area contributed by atoms with Crippen LogP contribution in [0.2, 0.25) is 0 Å². The van der Waals surface area contributed by atoms with Gasteiger partial charge in [-0.25, -0.2) is 4.39 Å². The van der Waals surface area contributed by atoms with Gasteiger partial charge in [-0.2, -0.15) is 0 Å². The van der Waals surface area contributed by atoms with E-state index in [1.807, 2.05) is 6.26 Å². The second kappa shape index (κ2) is 3.45. The first-order valence-corrected chi connectivity index (χ1v) is 4.89. The summed E-state index contributed by atoms with van der Waals surface area (Å²) < 4.78 is 13.1. The monoisotopic (exact) mass is 236 g/mol. The maximum Gasteiger partial charge on any atom is 0.133 e. The average molecular weight is 237 g/mol. The Hall–Kier alpha value is -0.220. The van der Waals surface area contributed by atoms with Gasteiger partial charge in [0.25, 0.3) is 0 Å². The zero-order valence-corrected chi connectivity index (χ0v) is 8.17. The van der Waals surface area contributed by atoms with Crippen molar-refractivity contribution in [1.29, 1.82) is 0 Å². The van der Waals surface area contributed by atoms with E-state index in [0.29, 0.717) is 9.37 Å². The van der Waals surface area contributed by atoms with Crippen molar-refractivity contribution in [3.05, 3.63) is 22.4 Å². The zero-order chi connectivity index (χ0) is 8.43. The molecule has 0 aliphatic rings. The first-order chi connectivity index (χ1) is 5.15. The Bertz CT molecular complexity index is 277. The lowest BCUT2D eigenvalue weighted by molar-refractivity contribution is 0.463. The van der Waals surface area contributed by atoms with Gasteiger partial charge in [-0.1, -0.05) is 0 Å². The second-order valence-corrected chi connectivity index (χ2v) is 3.58. The van der Waals surface area contributed by atoms with E-state index in [1.54, 1.807) is 0 Å². The third-order valence-corrected chi connectivity index (χ3v) is 3.06. The number of halogens is 2. The number of phenolic OH excluding ortho intramolecular Hbond substituents is 1. The molecular weight excluding hydrogens is 231 g/mol. The second-order valence-electron chi connectivity index (χ2n) is 1.94. The maximum absolute atomic E-state index is 12.6. The van der Waals surface area contributed by atoms with Crippen molar-refractivity contribution in [2.24, 2.45) is 0 Å². The van der Waals surface area contributed by atoms with Crippen LogP contribution in [0.3, 0.4) is 0 Å². The minimum absolute atomic E-state index is 0.0608. The van der Waals surface area contributed by atoms with E-state index in [2.05, 4.69) is 15.9 Å². The van der Waals surface area contributed by atoms with Crippen molar-refractivity contribution in [3.63, 3.8) is 0 Å². The maximum atomic E-state index is 12.6. The van der Waals surface area contributed by atoms with E-state index >= 15 is 0 Å². The zero-order valence-electron chi connectivity index (χ0n) is 5.77. The van der Waals surface area contributed by atoms with Crippen molar-refractivity contribution in [2.45, 2.75) is 4.90 Å². The van der Waals surface area contributed by atoms with Gasteiger partial charge in [-0.05, 0) is 28.3 Å². The Kier molecular flexibility index (Phi) is 2.78. The highest BCUT2D eigenvalue weighted by Crippen LogP contribution is 2.33. The molecule has 0 saturated carbocycles. The van der Waals surface area contributed by atoms with E-state index in [-0.39, 0.29) is 5.75 Å². The molecule has 0 radical (unpaired) electrons. The molecule has 0 unspecified atom stereocenters. The molecule has 0 fully saturated rings. The molecule has 0 heterocycles. The van der Waals surface area contributed by atoms with E-state index < -0.39 is 5.82 Å². The molecule has 1 N–H and O–H groups in total. The Morgan fingerprint density at radius 2 is 2.18 bits per heavy atom. The summed E-state index contributed by atoms with van der Waals surface area (Å²) in [6, 6.07) is 2.44. The van der Waals surface area contributed by atoms with Gasteiger partial charge < -0.3 is 5.11 Å². The number of aromatic hydroxyl groups is 1. The molecule has 11 heavy (non-hydrogen) atoms. The van der Waals surface area contributed by atoms with Crippen LogP contribution in [0.4, 0.5) is 4.39 Å². The molecule has 0 saturated heterocycles. The molecule has 0 bridgehead atoms. The molecule has 0 aromatic heterocycles. The predicted octanol–water partition coefficient (Wildman–Crippen LogP) is 3.02. The molecule has 0 atom stereocenters. The predicted molar refractivity (Wildman–Crippen MR) is 47.5 cm³/mol. The summed E-state index contributed by atoms with van der Waals surface area (Å²) in [5.41, 5.74) is 0. The van der Waals surface area contributed by atoms with Gasteiger partial charge in [0.2, 0.25) is 0 Å². The number of phenols is 1. The summed E-state index contributed by atoms with van der Waals surface area (Å²) in [5, 5.41) is 9.11. The van der Waals surface area contributed by atoms with Crippen molar-refractivity contribution in [3.8, 4) is 5.75 Å². The largest absolute Gasteiger partial charge is 0.507 e. The normalized spacial score (nSPS) is 10.1. The summed E-state index contributed by atoms with van der Waals surface area (Å²) >= 11 is 4.51. The number of thioether (sulfide) groups is 1. The third-order valence-electron chi connectivity index (χ3n) is 1.20. The van der Waals surface area contributed by atoms with Crippen molar-refractivity contribution < 1.29 is 9.50 Å². The quantitative estimate of drug-likeness (QED) is 0.757. The molecule has 1 aromatic rings. The number of rotatable bonds is 1. The Morgan fingerprint density at radius 3 is 2.73 bits per heavy atom. The number of hydrogen-bond acceptors (Lipinski definition) is 2. The Morgan fingerprint density at radius 1 is 1.55 bits per heavy atom. The lowest BCUT2D eigenvalue weighted by Gasteiger charge is -2.02. The number of hydrogen-bond donors (Lipinski definition) is 1. The van der Waals surface area contributed by atoms with Gasteiger partial charge in [-0.15, -0.1) is 11.8 Å². The summed E-state index contributed by atoms with van der Waals surface area (Å²) in [6.45, 7) is 0. The van der Waals surface area contributed by atoms with E-state index in [0.717, 1.165) is 6.07 Å². The third kappa shape index (κ3) is 1.87. The van der Waals surface area contributed by atoms with Crippen LogP contribution in [0.5, 0.6) is 5.75 Å². The SMILES string of the molecule is CSc1cc(F)cc(O)c1Br.